The number of anilines is 1. The summed E-state index contributed by atoms with van der Waals surface area (Å²) in [5.41, 5.74) is 1.52. The van der Waals surface area contributed by atoms with Crippen molar-refractivity contribution < 1.29 is 18.7 Å². The van der Waals surface area contributed by atoms with Gasteiger partial charge < -0.3 is 15.4 Å². The van der Waals surface area contributed by atoms with Gasteiger partial charge in [0.1, 0.15) is 17.3 Å². The van der Waals surface area contributed by atoms with E-state index in [4.69, 9.17) is 4.74 Å². The van der Waals surface area contributed by atoms with Crippen molar-refractivity contribution in [2.75, 3.05) is 19.0 Å². The number of hydrogen-bond acceptors (Lipinski definition) is 4. The van der Waals surface area contributed by atoms with Gasteiger partial charge in [0.25, 0.3) is 11.8 Å². The third kappa shape index (κ3) is 5.38. The number of nitrogens with one attached hydrogen (secondary N) is 2. The van der Waals surface area contributed by atoms with Crippen LogP contribution in [-0.4, -0.2) is 30.5 Å². The molecular weight excluding hydrogens is 373 g/mol. The quantitative estimate of drug-likeness (QED) is 0.644. The van der Waals surface area contributed by atoms with Crippen LogP contribution in [0.3, 0.4) is 0 Å². The Labute approximate surface area is 167 Å². The zero-order valence-corrected chi connectivity index (χ0v) is 15.8. The molecule has 7 heteroatoms. The molecule has 0 saturated carbocycles. The second kappa shape index (κ2) is 9.45. The number of halogens is 1. The van der Waals surface area contributed by atoms with Crippen LogP contribution in [0.2, 0.25) is 0 Å². The molecule has 0 saturated heterocycles. The number of amides is 2. The molecule has 1 heterocycles. The van der Waals surface area contributed by atoms with Crippen LogP contribution in [0.5, 0.6) is 5.75 Å². The molecule has 2 N–H and O–H groups in total. The van der Waals surface area contributed by atoms with E-state index in [-0.39, 0.29) is 24.0 Å². The molecule has 2 aromatic carbocycles. The Morgan fingerprint density at radius 1 is 1.03 bits per heavy atom. The first-order valence-corrected chi connectivity index (χ1v) is 9.00. The van der Waals surface area contributed by atoms with Crippen LogP contribution in [0.15, 0.2) is 66.9 Å². The van der Waals surface area contributed by atoms with Gasteiger partial charge in [-0.1, -0.05) is 18.2 Å². The predicted octanol–water partition coefficient (Wildman–Crippen LogP) is 3.45. The maximum absolute atomic E-state index is 13.6. The number of carbonyl (C=O) groups excluding carboxylic acids is 2. The van der Waals surface area contributed by atoms with Crippen LogP contribution in [0.1, 0.15) is 26.4 Å². The second-order valence-electron chi connectivity index (χ2n) is 6.21. The van der Waals surface area contributed by atoms with Crippen molar-refractivity contribution in [3.63, 3.8) is 0 Å². The highest BCUT2D eigenvalue weighted by Crippen LogP contribution is 2.16. The highest BCUT2D eigenvalue weighted by atomic mass is 19.1. The predicted molar refractivity (Wildman–Crippen MR) is 108 cm³/mol. The van der Waals surface area contributed by atoms with E-state index in [0.717, 1.165) is 0 Å². The van der Waals surface area contributed by atoms with Gasteiger partial charge in [0.05, 0.1) is 7.11 Å². The first-order chi connectivity index (χ1) is 14.1. The molecule has 0 bridgehead atoms. The van der Waals surface area contributed by atoms with Gasteiger partial charge in [-0.3, -0.25) is 14.6 Å². The van der Waals surface area contributed by atoms with Gasteiger partial charge in [-0.25, -0.2) is 4.39 Å². The van der Waals surface area contributed by atoms with Crippen molar-refractivity contribution in [2.45, 2.75) is 6.42 Å². The molecule has 0 atom stereocenters. The van der Waals surface area contributed by atoms with Gasteiger partial charge in [-0.15, -0.1) is 0 Å². The smallest absolute Gasteiger partial charge is 0.274 e. The Balaban J connectivity index is 1.59. The number of pyridine rings is 1. The van der Waals surface area contributed by atoms with Crippen molar-refractivity contribution >= 4 is 17.5 Å². The largest absolute Gasteiger partial charge is 0.497 e. The van der Waals surface area contributed by atoms with Gasteiger partial charge in [-0.2, -0.15) is 0 Å². The highest BCUT2D eigenvalue weighted by Gasteiger charge is 2.12. The number of methoxy groups -OCH3 is 1. The minimum atomic E-state index is -0.434. The lowest BCUT2D eigenvalue weighted by Gasteiger charge is -2.08. The summed E-state index contributed by atoms with van der Waals surface area (Å²) in [6.07, 6.45) is 1.77. The number of ether oxygens (including phenoxy) is 1. The van der Waals surface area contributed by atoms with E-state index in [1.165, 1.54) is 24.4 Å². The number of carbonyl (C=O) groups is 2. The third-order valence-corrected chi connectivity index (χ3v) is 4.24. The summed E-state index contributed by atoms with van der Waals surface area (Å²) in [5.74, 6) is -0.420. The molecule has 3 rings (SSSR count). The molecule has 2 amide bonds. The summed E-state index contributed by atoms with van der Waals surface area (Å²) >= 11 is 0. The minimum Gasteiger partial charge on any atom is -0.497 e. The Morgan fingerprint density at radius 3 is 2.52 bits per heavy atom. The highest BCUT2D eigenvalue weighted by molar-refractivity contribution is 6.04. The maximum atomic E-state index is 13.6. The number of nitrogens with zero attached hydrogens (tertiary/aromatic N) is 1. The number of rotatable bonds is 7. The van der Waals surface area contributed by atoms with E-state index in [0.29, 0.717) is 29.0 Å². The van der Waals surface area contributed by atoms with Gasteiger partial charge in [0.15, 0.2) is 0 Å². The Bertz CT molecular complexity index is 1010. The van der Waals surface area contributed by atoms with Gasteiger partial charge in [0, 0.05) is 24.0 Å². The van der Waals surface area contributed by atoms with Crippen LogP contribution in [0.25, 0.3) is 0 Å². The van der Waals surface area contributed by atoms with Gasteiger partial charge >= 0.3 is 0 Å². The fourth-order valence-corrected chi connectivity index (χ4v) is 2.68. The molecule has 148 valence electrons. The molecule has 0 aliphatic rings. The summed E-state index contributed by atoms with van der Waals surface area (Å²) in [6, 6.07) is 16.2. The molecule has 0 aliphatic carbocycles. The van der Waals surface area contributed by atoms with Crippen LogP contribution in [0, 0.1) is 5.82 Å². The molecule has 3 aromatic rings. The Morgan fingerprint density at radius 2 is 1.79 bits per heavy atom. The number of aromatic nitrogens is 1. The molecule has 0 unspecified atom stereocenters. The molecule has 1 aromatic heterocycles. The van der Waals surface area contributed by atoms with Crippen molar-refractivity contribution in [1.82, 2.24) is 10.3 Å². The van der Waals surface area contributed by atoms with Crippen LogP contribution in [0.4, 0.5) is 10.1 Å². The lowest BCUT2D eigenvalue weighted by molar-refractivity contribution is 0.0954. The van der Waals surface area contributed by atoms with E-state index < -0.39 is 5.91 Å². The topological polar surface area (TPSA) is 80.3 Å². The van der Waals surface area contributed by atoms with Gasteiger partial charge in [0.2, 0.25) is 0 Å². The Kier molecular flexibility index (Phi) is 6.52. The third-order valence-electron chi connectivity index (χ3n) is 4.24. The minimum absolute atomic E-state index is 0.113. The lowest BCUT2D eigenvalue weighted by atomic mass is 10.1. The Hall–Kier alpha value is -3.74. The van der Waals surface area contributed by atoms with Gasteiger partial charge in [-0.05, 0) is 54.4 Å². The molecular formula is C22H20FN3O3. The van der Waals surface area contributed by atoms with Crippen LogP contribution < -0.4 is 15.4 Å². The standard InChI is InChI=1S/C22H20FN3O3/c1-29-18-8-6-17(7-9-18)26-22(28)20-14-16(11-12-24-20)21(27)25-13-10-15-4-2-3-5-19(15)23/h2-9,11-12,14H,10,13H2,1H3,(H,25,27)(H,26,28). The fourth-order valence-electron chi connectivity index (χ4n) is 2.68. The molecule has 29 heavy (non-hydrogen) atoms. The summed E-state index contributed by atoms with van der Waals surface area (Å²) < 4.78 is 18.7. The summed E-state index contributed by atoms with van der Waals surface area (Å²) in [7, 11) is 1.56. The van der Waals surface area contributed by atoms with E-state index in [9.17, 15) is 14.0 Å². The molecule has 6 nitrogen and oxygen atoms in total. The molecule has 0 spiro atoms. The summed E-state index contributed by atoms with van der Waals surface area (Å²) in [6.45, 7) is 0.273. The second-order valence-corrected chi connectivity index (χ2v) is 6.21. The first-order valence-electron chi connectivity index (χ1n) is 9.00. The first kappa shape index (κ1) is 20.0. The average Bonchev–Trinajstić information content (AvgIpc) is 2.75. The normalized spacial score (nSPS) is 10.3. The van der Waals surface area contributed by atoms with Crippen molar-refractivity contribution in [3.8, 4) is 5.75 Å². The number of hydrogen-bond donors (Lipinski definition) is 2. The average molecular weight is 393 g/mol. The van der Waals surface area contributed by atoms with E-state index in [1.807, 2.05) is 0 Å². The zero-order valence-electron chi connectivity index (χ0n) is 15.8. The monoisotopic (exact) mass is 393 g/mol. The zero-order chi connectivity index (χ0) is 20.6. The summed E-state index contributed by atoms with van der Waals surface area (Å²) in [5, 5.41) is 5.44. The lowest BCUT2D eigenvalue weighted by Crippen LogP contribution is -2.26. The maximum Gasteiger partial charge on any atom is 0.274 e. The van der Waals surface area contributed by atoms with E-state index in [1.54, 1.807) is 49.6 Å². The van der Waals surface area contributed by atoms with Crippen molar-refractivity contribution in [1.29, 1.82) is 0 Å². The fraction of sp³-hybridized carbons (Fsp3) is 0.136. The van der Waals surface area contributed by atoms with E-state index in [2.05, 4.69) is 15.6 Å². The van der Waals surface area contributed by atoms with Crippen molar-refractivity contribution in [3.05, 3.63) is 89.5 Å². The molecule has 0 fully saturated rings. The van der Waals surface area contributed by atoms with Crippen molar-refractivity contribution in [2.24, 2.45) is 0 Å². The SMILES string of the molecule is COc1ccc(NC(=O)c2cc(C(=O)NCCc3ccccc3F)ccn2)cc1. The molecule has 0 aliphatic heterocycles. The molecule has 0 radical (unpaired) electrons. The summed E-state index contributed by atoms with van der Waals surface area (Å²) in [4.78, 5) is 28.8. The van der Waals surface area contributed by atoms with E-state index >= 15 is 0 Å². The number of benzene rings is 2. The van der Waals surface area contributed by atoms with Crippen LogP contribution in [-0.2, 0) is 6.42 Å². The van der Waals surface area contributed by atoms with Crippen LogP contribution >= 0.6 is 0 Å².